The molecule has 0 bridgehead atoms. The van der Waals surface area contributed by atoms with Gasteiger partial charge in [-0.1, -0.05) is 38.3 Å². The zero-order valence-electron chi connectivity index (χ0n) is 10.8. The number of nitrogen functional groups attached to an aromatic ring is 1. The SMILES string of the molecule is CC(CNC1CCCCC1)c1ccc(N)cc1. The lowest BCUT2D eigenvalue weighted by molar-refractivity contribution is 0.367. The van der Waals surface area contributed by atoms with E-state index in [0.29, 0.717) is 5.92 Å². The Hall–Kier alpha value is -1.02. The minimum atomic E-state index is 0.567. The minimum Gasteiger partial charge on any atom is -0.399 e. The highest BCUT2D eigenvalue weighted by Gasteiger charge is 2.14. The Morgan fingerprint density at radius 2 is 1.82 bits per heavy atom. The molecule has 0 aromatic heterocycles. The molecule has 0 radical (unpaired) electrons. The maximum Gasteiger partial charge on any atom is 0.0314 e. The first kappa shape index (κ1) is 12.4. The van der Waals surface area contributed by atoms with Gasteiger partial charge >= 0.3 is 0 Å². The van der Waals surface area contributed by atoms with Crippen molar-refractivity contribution in [2.24, 2.45) is 0 Å². The summed E-state index contributed by atoms with van der Waals surface area (Å²) in [6.07, 6.45) is 6.93. The van der Waals surface area contributed by atoms with Gasteiger partial charge in [0.2, 0.25) is 0 Å². The molecule has 3 N–H and O–H groups in total. The van der Waals surface area contributed by atoms with Gasteiger partial charge in [0.25, 0.3) is 0 Å². The van der Waals surface area contributed by atoms with Crippen LogP contribution in [0.25, 0.3) is 0 Å². The van der Waals surface area contributed by atoms with Crippen molar-refractivity contribution in [2.75, 3.05) is 12.3 Å². The van der Waals surface area contributed by atoms with E-state index < -0.39 is 0 Å². The molecule has 0 heterocycles. The Balaban J connectivity index is 1.80. The summed E-state index contributed by atoms with van der Waals surface area (Å²) in [5.41, 5.74) is 7.93. The smallest absolute Gasteiger partial charge is 0.0314 e. The summed E-state index contributed by atoms with van der Waals surface area (Å²) >= 11 is 0. The molecular formula is C15H24N2. The lowest BCUT2D eigenvalue weighted by Crippen LogP contribution is -2.33. The van der Waals surface area contributed by atoms with Crippen LogP contribution in [0.1, 0.15) is 50.5 Å². The molecule has 2 heteroatoms. The van der Waals surface area contributed by atoms with Crippen molar-refractivity contribution in [3.05, 3.63) is 29.8 Å². The molecule has 0 aliphatic heterocycles. The van der Waals surface area contributed by atoms with E-state index in [0.717, 1.165) is 18.3 Å². The minimum absolute atomic E-state index is 0.567. The third-order valence-corrected chi connectivity index (χ3v) is 3.82. The Labute approximate surface area is 105 Å². The first-order valence-corrected chi connectivity index (χ1v) is 6.84. The molecule has 2 rings (SSSR count). The number of nitrogens with two attached hydrogens (primary N) is 1. The second kappa shape index (κ2) is 6.06. The Morgan fingerprint density at radius 3 is 2.47 bits per heavy atom. The number of rotatable bonds is 4. The van der Waals surface area contributed by atoms with Gasteiger partial charge in [-0.2, -0.15) is 0 Å². The predicted molar refractivity (Wildman–Crippen MR) is 74.1 cm³/mol. The van der Waals surface area contributed by atoms with Crippen molar-refractivity contribution >= 4 is 5.69 Å². The van der Waals surface area contributed by atoms with Crippen molar-refractivity contribution in [2.45, 2.75) is 51.0 Å². The summed E-state index contributed by atoms with van der Waals surface area (Å²) in [7, 11) is 0. The van der Waals surface area contributed by atoms with Crippen LogP contribution in [0.4, 0.5) is 5.69 Å². The molecule has 0 spiro atoms. The van der Waals surface area contributed by atoms with Crippen molar-refractivity contribution in [3.63, 3.8) is 0 Å². The number of benzene rings is 1. The molecule has 1 aromatic carbocycles. The van der Waals surface area contributed by atoms with E-state index in [-0.39, 0.29) is 0 Å². The maximum atomic E-state index is 5.70. The summed E-state index contributed by atoms with van der Waals surface area (Å²) in [5, 5.41) is 3.70. The number of anilines is 1. The van der Waals surface area contributed by atoms with Crippen LogP contribution in [0.5, 0.6) is 0 Å². The molecule has 1 aliphatic rings. The van der Waals surface area contributed by atoms with Crippen LogP contribution < -0.4 is 11.1 Å². The molecule has 1 unspecified atom stereocenters. The molecule has 94 valence electrons. The summed E-state index contributed by atoms with van der Waals surface area (Å²) < 4.78 is 0. The van der Waals surface area contributed by atoms with E-state index in [1.54, 1.807) is 0 Å². The highest BCUT2D eigenvalue weighted by atomic mass is 14.9. The zero-order valence-corrected chi connectivity index (χ0v) is 10.8. The Bertz CT molecular complexity index is 325. The molecule has 1 aromatic rings. The van der Waals surface area contributed by atoms with Crippen LogP contribution in [-0.4, -0.2) is 12.6 Å². The summed E-state index contributed by atoms with van der Waals surface area (Å²) in [6, 6.07) is 9.02. The third kappa shape index (κ3) is 3.74. The molecule has 0 saturated heterocycles. The molecular weight excluding hydrogens is 208 g/mol. The molecule has 0 amide bonds. The van der Waals surface area contributed by atoms with Crippen molar-refractivity contribution < 1.29 is 0 Å². The fourth-order valence-corrected chi connectivity index (χ4v) is 2.59. The van der Waals surface area contributed by atoms with Crippen LogP contribution >= 0.6 is 0 Å². The van der Waals surface area contributed by atoms with E-state index >= 15 is 0 Å². The van der Waals surface area contributed by atoms with Gasteiger partial charge in [-0.25, -0.2) is 0 Å². The van der Waals surface area contributed by atoms with Gasteiger partial charge in [0.1, 0.15) is 0 Å². The van der Waals surface area contributed by atoms with Crippen LogP contribution in [0.2, 0.25) is 0 Å². The fourth-order valence-electron chi connectivity index (χ4n) is 2.59. The largest absolute Gasteiger partial charge is 0.399 e. The summed E-state index contributed by atoms with van der Waals surface area (Å²) in [4.78, 5) is 0. The maximum absolute atomic E-state index is 5.70. The van der Waals surface area contributed by atoms with Crippen LogP contribution in [-0.2, 0) is 0 Å². The zero-order chi connectivity index (χ0) is 12.1. The van der Waals surface area contributed by atoms with Gasteiger partial charge in [0, 0.05) is 18.3 Å². The van der Waals surface area contributed by atoms with Crippen LogP contribution in [0.3, 0.4) is 0 Å². The number of hydrogen-bond donors (Lipinski definition) is 2. The molecule has 1 aliphatic carbocycles. The molecule has 1 atom stereocenters. The summed E-state index contributed by atoms with van der Waals surface area (Å²) in [6.45, 7) is 3.36. The van der Waals surface area contributed by atoms with E-state index in [1.807, 2.05) is 12.1 Å². The van der Waals surface area contributed by atoms with E-state index in [9.17, 15) is 0 Å². The van der Waals surface area contributed by atoms with Crippen LogP contribution in [0.15, 0.2) is 24.3 Å². The second-order valence-corrected chi connectivity index (χ2v) is 5.31. The first-order valence-electron chi connectivity index (χ1n) is 6.84. The first-order chi connectivity index (χ1) is 8.25. The molecule has 2 nitrogen and oxygen atoms in total. The lowest BCUT2D eigenvalue weighted by Gasteiger charge is -2.24. The monoisotopic (exact) mass is 232 g/mol. The van der Waals surface area contributed by atoms with E-state index in [2.05, 4.69) is 24.4 Å². The number of nitrogens with one attached hydrogen (secondary N) is 1. The number of hydrogen-bond acceptors (Lipinski definition) is 2. The highest BCUT2D eigenvalue weighted by molar-refractivity contribution is 5.40. The van der Waals surface area contributed by atoms with Crippen LogP contribution in [0, 0.1) is 0 Å². The standard InChI is InChI=1S/C15H24N2/c1-12(13-7-9-14(16)10-8-13)11-17-15-5-3-2-4-6-15/h7-10,12,15,17H,2-6,11,16H2,1H3. The molecule has 1 saturated carbocycles. The summed E-state index contributed by atoms with van der Waals surface area (Å²) in [5.74, 6) is 0.567. The highest BCUT2D eigenvalue weighted by Crippen LogP contribution is 2.20. The van der Waals surface area contributed by atoms with Gasteiger partial charge in [0.05, 0.1) is 0 Å². The van der Waals surface area contributed by atoms with Crippen molar-refractivity contribution in [1.29, 1.82) is 0 Å². The second-order valence-electron chi connectivity index (χ2n) is 5.31. The quantitative estimate of drug-likeness (QED) is 0.782. The van der Waals surface area contributed by atoms with E-state index in [4.69, 9.17) is 5.73 Å². The van der Waals surface area contributed by atoms with Gasteiger partial charge in [-0.15, -0.1) is 0 Å². The average molecular weight is 232 g/mol. The topological polar surface area (TPSA) is 38.0 Å². The Kier molecular flexibility index (Phi) is 4.43. The van der Waals surface area contributed by atoms with Gasteiger partial charge in [0.15, 0.2) is 0 Å². The Morgan fingerprint density at radius 1 is 1.18 bits per heavy atom. The lowest BCUT2D eigenvalue weighted by atomic mass is 9.94. The predicted octanol–water partition coefficient (Wildman–Crippen LogP) is 3.29. The van der Waals surface area contributed by atoms with Gasteiger partial charge < -0.3 is 11.1 Å². The normalized spacial score (nSPS) is 19.1. The molecule has 1 fully saturated rings. The van der Waals surface area contributed by atoms with Gasteiger partial charge in [-0.3, -0.25) is 0 Å². The molecule has 17 heavy (non-hydrogen) atoms. The third-order valence-electron chi connectivity index (χ3n) is 3.82. The average Bonchev–Trinajstić information content (AvgIpc) is 2.38. The van der Waals surface area contributed by atoms with Gasteiger partial charge in [-0.05, 0) is 36.5 Å². The van der Waals surface area contributed by atoms with Crippen molar-refractivity contribution in [1.82, 2.24) is 5.32 Å². The van der Waals surface area contributed by atoms with E-state index in [1.165, 1.54) is 37.7 Å². The van der Waals surface area contributed by atoms with Crippen molar-refractivity contribution in [3.8, 4) is 0 Å². The fraction of sp³-hybridized carbons (Fsp3) is 0.600.